The third kappa shape index (κ3) is 4.97. The van der Waals surface area contributed by atoms with Crippen LogP contribution in [0.5, 0.6) is 0 Å². The fourth-order valence-electron chi connectivity index (χ4n) is 4.69. The molecular formula is C23H33BrN2O2. The van der Waals surface area contributed by atoms with Crippen LogP contribution in [0.4, 0.5) is 5.69 Å². The summed E-state index contributed by atoms with van der Waals surface area (Å²) in [6.45, 7) is 7.98. The Labute approximate surface area is 177 Å². The Hall–Kier alpha value is -1.36. The lowest BCUT2D eigenvalue weighted by Crippen LogP contribution is -2.48. The van der Waals surface area contributed by atoms with Crippen molar-refractivity contribution in [1.29, 1.82) is 0 Å². The number of halogens is 1. The molecule has 28 heavy (non-hydrogen) atoms. The highest BCUT2D eigenvalue weighted by molar-refractivity contribution is 9.10. The van der Waals surface area contributed by atoms with E-state index >= 15 is 0 Å². The van der Waals surface area contributed by atoms with Crippen LogP contribution in [0.25, 0.3) is 0 Å². The van der Waals surface area contributed by atoms with Gasteiger partial charge in [-0.15, -0.1) is 0 Å². The number of amides is 2. The molecule has 1 heterocycles. The second-order valence-corrected chi connectivity index (χ2v) is 10.6. The van der Waals surface area contributed by atoms with Crippen molar-refractivity contribution in [3.8, 4) is 0 Å². The molecule has 0 bridgehead atoms. The summed E-state index contributed by atoms with van der Waals surface area (Å²) in [7, 11) is 0. The van der Waals surface area contributed by atoms with E-state index in [2.05, 4.69) is 39.4 Å². The molecule has 2 unspecified atom stereocenters. The molecule has 154 valence electrons. The van der Waals surface area contributed by atoms with E-state index in [0.29, 0.717) is 11.8 Å². The molecule has 2 amide bonds. The molecule has 1 aromatic carbocycles. The van der Waals surface area contributed by atoms with Crippen LogP contribution < -0.4 is 10.2 Å². The number of anilines is 1. The predicted octanol–water partition coefficient (Wildman–Crippen LogP) is 5.07. The van der Waals surface area contributed by atoms with Crippen molar-refractivity contribution in [2.24, 2.45) is 5.92 Å². The number of alkyl halides is 1. The number of hydrogen-bond acceptors (Lipinski definition) is 2. The maximum Gasteiger partial charge on any atom is 0.241 e. The maximum atomic E-state index is 13.2. The third-order valence-electron chi connectivity index (χ3n) is 5.91. The van der Waals surface area contributed by atoms with Crippen LogP contribution in [0.3, 0.4) is 0 Å². The van der Waals surface area contributed by atoms with Gasteiger partial charge in [0, 0.05) is 11.2 Å². The lowest BCUT2D eigenvalue weighted by molar-refractivity contribution is -0.124. The average molecular weight is 449 g/mol. The zero-order valence-corrected chi connectivity index (χ0v) is 19.1. The Kier molecular flexibility index (Phi) is 6.53. The first-order valence-corrected chi connectivity index (χ1v) is 11.4. The highest BCUT2D eigenvalue weighted by atomic mass is 79.9. The molecule has 1 aliphatic heterocycles. The Balaban J connectivity index is 1.97. The highest BCUT2D eigenvalue weighted by Crippen LogP contribution is 2.45. The van der Waals surface area contributed by atoms with Crippen LogP contribution >= 0.6 is 15.9 Å². The van der Waals surface area contributed by atoms with Gasteiger partial charge in [0.15, 0.2) is 0 Å². The van der Waals surface area contributed by atoms with Gasteiger partial charge < -0.3 is 10.2 Å². The van der Waals surface area contributed by atoms with Gasteiger partial charge in [0.25, 0.3) is 0 Å². The molecule has 1 aromatic rings. The van der Waals surface area contributed by atoms with Gasteiger partial charge in [-0.25, -0.2) is 0 Å². The number of hydrogen-bond donors (Lipinski definition) is 1. The average Bonchev–Trinajstić information content (AvgIpc) is 2.71. The normalized spacial score (nSPS) is 23.9. The predicted molar refractivity (Wildman–Crippen MR) is 118 cm³/mol. The van der Waals surface area contributed by atoms with Crippen molar-refractivity contribution in [2.45, 2.75) is 82.5 Å². The third-order valence-corrected chi connectivity index (χ3v) is 6.67. The van der Waals surface area contributed by atoms with Gasteiger partial charge in [-0.2, -0.15) is 0 Å². The van der Waals surface area contributed by atoms with Gasteiger partial charge in [-0.05, 0) is 76.0 Å². The number of nitrogens with one attached hydrogen (secondary N) is 1. The number of aryl methyl sites for hydroxylation is 1. The lowest BCUT2D eigenvalue weighted by atomic mass is 9.74. The highest BCUT2D eigenvalue weighted by Gasteiger charge is 2.38. The van der Waals surface area contributed by atoms with Gasteiger partial charge in [0.2, 0.25) is 11.8 Å². The summed E-state index contributed by atoms with van der Waals surface area (Å²) in [5.74, 6) is 0.852. The lowest BCUT2D eigenvalue weighted by Gasteiger charge is -2.31. The van der Waals surface area contributed by atoms with Crippen LogP contribution in [-0.2, 0) is 9.59 Å². The van der Waals surface area contributed by atoms with Gasteiger partial charge >= 0.3 is 0 Å². The van der Waals surface area contributed by atoms with E-state index < -0.39 is 0 Å². The van der Waals surface area contributed by atoms with Gasteiger partial charge in [-0.1, -0.05) is 47.3 Å². The van der Waals surface area contributed by atoms with Crippen molar-refractivity contribution in [3.63, 3.8) is 0 Å². The van der Waals surface area contributed by atoms with E-state index in [1.807, 2.05) is 27.7 Å². The second-order valence-electron chi connectivity index (χ2n) is 9.49. The zero-order valence-electron chi connectivity index (χ0n) is 17.6. The van der Waals surface area contributed by atoms with Crippen molar-refractivity contribution in [2.75, 3.05) is 11.4 Å². The molecule has 0 saturated heterocycles. The monoisotopic (exact) mass is 448 g/mol. The SMILES string of the molecule is Cc1ccc2c(c1)N(CC(=O)NC(C)(C)C)C(=O)C(Br)CC2C1CCCCC1. The summed E-state index contributed by atoms with van der Waals surface area (Å²) in [6, 6.07) is 6.41. The van der Waals surface area contributed by atoms with Gasteiger partial charge in [0.05, 0.1) is 4.83 Å². The van der Waals surface area contributed by atoms with Crippen LogP contribution in [-0.4, -0.2) is 28.7 Å². The summed E-state index contributed by atoms with van der Waals surface area (Å²) >= 11 is 3.66. The van der Waals surface area contributed by atoms with Crippen LogP contribution in [0.15, 0.2) is 18.2 Å². The first-order valence-electron chi connectivity index (χ1n) is 10.5. The summed E-state index contributed by atoms with van der Waals surface area (Å²) < 4.78 is 0. The number of carbonyl (C=O) groups excluding carboxylic acids is 2. The quantitative estimate of drug-likeness (QED) is 0.655. The molecule has 4 nitrogen and oxygen atoms in total. The molecule has 0 aromatic heterocycles. The smallest absolute Gasteiger partial charge is 0.241 e. The standard InChI is InChI=1S/C23H33BrN2O2/c1-15-10-11-17-18(16-8-6-5-7-9-16)13-19(24)22(28)26(20(17)12-15)14-21(27)25-23(2,3)4/h10-12,16,18-19H,5-9,13-14H2,1-4H3,(H,25,27). The van der Waals surface area contributed by atoms with E-state index in [9.17, 15) is 9.59 Å². The fraction of sp³-hybridized carbons (Fsp3) is 0.652. The Morgan fingerprint density at radius 1 is 1.21 bits per heavy atom. The Morgan fingerprint density at radius 2 is 1.89 bits per heavy atom. The minimum absolute atomic E-state index is 0.00535. The molecule has 0 radical (unpaired) electrons. The summed E-state index contributed by atoms with van der Waals surface area (Å²) in [5, 5.41) is 2.99. The number of rotatable bonds is 3. The summed E-state index contributed by atoms with van der Waals surface area (Å²) in [5.41, 5.74) is 2.95. The molecule has 2 aliphatic rings. The zero-order chi connectivity index (χ0) is 20.5. The van der Waals surface area contributed by atoms with Gasteiger partial charge in [0.1, 0.15) is 6.54 Å². The van der Waals surface area contributed by atoms with E-state index in [0.717, 1.165) is 17.7 Å². The first kappa shape index (κ1) is 21.4. The molecule has 1 fully saturated rings. The largest absolute Gasteiger partial charge is 0.350 e. The number of nitrogens with zero attached hydrogens (tertiary/aromatic N) is 1. The molecule has 1 aliphatic carbocycles. The molecule has 0 spiro atoms. The first-order chi connectivity index (χ1) is 13.2. The van der Waals surface area contributed by atoms with Gasteiger partial charge in [-0.3, -0.25) is 9.59 Å². The Morgan fingerprint density at radius 3 is 2.54 bits per heavy atom. The van der Waals surface area contributed by atoms with E-state index in [-0.39, 0.29) is 28.7 Å². The van der Waals surface area contributed by atoms with Crippen LogP contribution in [0.1, 0.15) is 76.3 Å². The topological polar surface area (TPSA) is 49.4 Å². The molecule has 5 heteroatoms. The maximum absolute atomic E-state index is 13.2. The van der Waals surface area contributed by atoms with Crippen LogP contribution in [0, 0.1) is 12.8 Å². The summed E-state index contributed by atoms with van der Waals surface area (Å²) in [4.78, 5) is 27.3. The Bertz CT molecular complexity index is 735. The molecule has 2 atom stereocenters. The van der Waals surface area contributed by atoms with Crippen molar-refractivity contribution >= 4 is 33.4 Å². The number of fused-ring (bicyclic) bond motifs is 1. The summed E-state index contributed by atoms with van der Waals surface area (Å²) in [6.07, 6.45) is 7.14. The second kappa shape index (κ2) is 8.56. The molecule has 1 N–H and O–H groups in total. The number of carbonyl (C=O) groups is 2. The molecule has 3 rings (SSSR count). The van der Waals surface area contributed by atoms with E-state index in [1.165, 1.54) is 37.7 Å². The van der Waals surface area contributed by atoms with E-state index in [4.69, 9.17) is 0 Å². The van der Waals surface area contributed by atoms with Crippen molar-refractivity contribution in [1.82, 2.24) is 5.32 Å². The van der Waals surface area contributed by atoms with Crippen molar-refractivity contribution < 1.29 is 9.59 Å². The minimum atomic E-state index is -0.320. The van der Waals surface area contributed by atoms with Crippen molar-refractivity contribution in [3.05, 3.63) is 29.3 Å². The minimum Gasteiger partial charge on any atom is -0.350 e. The van der Waals surface area contributed by atoms with E-state index in [1.54, 1.807) is 4.90 Å². The van der Waals surface area contributed by atoms with Crippen LogP contribution in [0.2, 0.25) is 0 Å². The molecule has 1 saturated carbocycles. The molecular weight excluding hydrogens is 416 g/mol. The fourth-order valence-corrected chi connectivity index (χ4v) is 5.34. The number of benzene rings is 1.